The maximum absolute atomic E-state index is 12.3. The van der Waals surface area contributed by atoms with Crippen LogP contribution in [0.4, 0.5) is 13.2 Å². The van der Waals surface area contributed by atoms with Crippen molar-refractivity contribution in [2.24, 2.45) is 0 Å². The van der Waals surface area contributed by atoms with Gasteiger partial charge in [0.25, 0.3) is 9.05 Å². The normalized spacial score (nSPS) is 12.0. The first-order valence-electron chi connectivity index (χ1n) is 3.77. The van der Waals surface area contributed by atoms with Crippen molar-refractivity contribution >= 4 is 61.9 Å². The molecule has 0 saturated heterocycles. The maximum Gasteiger partial charge on any atom is 0.419 e. The number of alkyl halides is 3. The third-order valence-corrected chi connectivity index (χ3v) is 3.02. The predicted molar refractivity (Wildman–Crippen MR) is 67.1 cm³/mol. The third-order valence-electron chi connectivity index (χ3n) is 1.40. The Labute approximate surface area is 126 Å². The lowest BCUT2D eigenvalue weighted by molar-refractivity contribution is -0.137. The van der Waals surface area contributed by atoms with Gasteiger partial charge in [-0.1, -0.05) is 11.6 Å². The standard InChI is InChI=1S/C6H2Cl2F3NO2S.Cl2OS/c7-5-4(6(9,10)11)1-3(2-12-5)15(8,13)14;1-4(2)3/h1-2H;. The molecule has 19 heavy (non-hydrogen) atoms. The zero-order valence-corrected chi connectivity index (χ0v) is 12.9. The molecule has 0 atom stereocenters. The van der Waals surface area contributed by atoms with Gasteiger partial charge in [0.2, 0.25) is 9.23 Å². The minimum absolute atomic E-state index is 0.331. The number of rotatable bonds is 1. The molecular weight excluding hydrogens is 397 g/mol. The van der Waals surface area contributed by atoms with Crippen LogP contribution >= 0.6 is 43.6 Å². The fourth-order valence-electron chi connectivity index (χ4n) is 0.761. The second-order valence-corrected chi connectivity index (χ2v) is 8.08. The molecule has 0 saturated carbocycles. The molecule has 0 aliphatic rings. The van der Waals surface area contributed by atoms with E-state index in [4.69, 9.17) is 26.5 Å². The van der Waals surface area contributed by atoms with Crippen LogP contribution in [-0.2, 0) is 24.5 Å². The van der Waals surface area contributed by atoms with Crippen LogP contribution in [0.5, 0.6) is 0 Å². The largest absolute Gasteiger partial charge is 0.419 e. The van der Waals surface area contributed by atoms with Gasteiger partial charge in [0, 0.05) is 38.2 Å². The van der Waals surface area contributed by atoms with Crippen molar-refractivity contribution in [2.45, 2.75) is 11.1 Å². The molecule has 1 rings (SSSR count). The average Bonchev–Trinajstić information content (AvgIpc) is 2.13. The molecule has 0 bridgehead atoms. The molecule has 0 amide bonds. The molecule has 1 aromatic rings. The Hall–Kier alpha value is 0.200. The fourth-order valence-corrected chi connectivity index (χ4v) is 1.66. The van der Waals surface area contributed by atoms with Crippen molar-refractivity contribution in [1.82, 2.24) is 4.98 Å². The first-order chi connectivity index (χ1) is 8.35. The number of nitrogens with zero attached hydrogens (tertiary/aromatic N) is 1. The fraction of sp³-hybridized carbons (Fsp3) is 0.167. The Bertz CT molecular complexity index is 574. The van der Waals surface area contributed by atoms with E-state index in [1.807, 2.05) is 0 Å². The molecule has 110 valence electrons. The van der Waals surface area contributed by atoms with E-state index in [0.717, 1.165) is 0 Å². The highest BCUT2D eigenvalue weighted by atomic mass is 36.0. The summed E-state index contributed by atoms with van der Waals surface area (Å²) in [6.07, 6.45) is -4.12. The Morgan fingerprint density at radius 3 is 2.00 bits per heavy atom. The van der Waals surface area contributed by atoms with Gasteiger partial charge in [-0.05, 0) is 6.07 Å². The molecule has 0 unspecified atom stereocenters. The highest BCUT2D eigenvalue weighted by Crippen LogP contribution is 2.35. The summed E-state index contributed by atoms with van der Waals surface area (Å²) in [7, 11) is 7.96. The van der Waals surface area contributed by atoms with Crippen LogP contribution in [0.3, 0.4) is 0 Å². The molecule has 0 N–H and O–H groups in total. The quantitative estimate of drug-likeness (QED) is 0.534. The van der Waals surface area contributed by atoms with Crippen LogP contribution < -0.4 is 0 Å². The number of hydrogen-bond donors (Lipinski definition) is 0. The zero-order valence-electron chi connectivity index (χ0n) is 8.29. The van der Waals surface area contributed by atoms with E-state index in [1.54, 1.807) is 0 Å². The highest BCUT2D eigenvalue weighted by Gasteiger charge is 2.35. The summed E-state index contributed by atoms with van der Waals surface area (Å²) in [6.45, 7) is 0. The van der Waals surface area contributed by atoms with E-state index in [9.17, 15) is 21.6 Å². The predicted octanol–water partition coefficient (Wildman–Crippen LogP) is 3.72. The first-order valence-corrected chi connectivity index (χ1v) is 9.26. The minimum Gasteiger partial charge on any atom is -0.243 e. The summed E-state index contributed by atoms with van der Waals surface area (Å²) >= 11 is 5.16. The lowest BCUT2D eigenvalue weighted by atomic mass is 10.3. The SMILES string of the molecule is O=S(=O)(Cl)c1cnc(Cl)c(C(F)(F)F)c1.O=S(Cl)Cl. The molecule has 0 fully saturated rings. The van der Waals surface area contributed by atoms with Gasteiger partial charge in [0.1, 0.15) is 10.0 Å². The lowest BCUT2D eigenvalue weighted by Crippen LogP contribution is -2.08. The molecule has 1 heterocycles. The lowest BCUT2D eigenvalue weighted by Gasteiger charge is -2.08. The van der Waals surface area contributed by atoms with E-state index < -0.39 is 40.1 Å². The van der Waals surface area contributed by atoms with Gasteiger partial charge in [-0.15, -0.1) is 0 Å². The van der Waals surface area contributed by atoms with Gasteiger partial charge < -0.3 is 0 Å². The summed E-state index contributed by atoms with van der Waals surface area (Å²) in [5, 5.41) is -0.827. The van der Waals surface area contributed by atoms with Crippen molar-refractivity contribution in [2.75, 3.05) is 0 Å². The number of halogens is 7. The van der Waals surface area contributed by atoms with Crippen LogP contribution in [0.15, 0.2) is 17.2 Å². The second kappa shape index (κ2) is 7.28. The van der Waals surface area contributed by atoms with Gasteiger partial charge >= 0.3 is 6.18 Å². The molecule has 0 spiro atoms. The molecule has 0 radical (unpaired) electrons. The monoisotopic (exact) mass is 397 g/mol. The van der Waals surface area contributed by atoms with E-state index in [0.29, 0.717) is 12.3 Å². The highest BCUT2D eigenvalue weighted by molar-refractivity contribution is 8.26. The number of aromatic nitrogens is 1. The van der Waals surface area contributed by atoms with Crippen LogP contribution in [0.1, 0.15) is 5.56 Å². The molecule has 1 aromatic heterocycles. The third kappa shape index (κ3) is 7.52. The minimum atomic E-state index is -4.78. The van der Waals surface area contributed by atoms with E-state index in [-0.39, 0.29) is 0 Å². The van der Waals surface area contributed by atoms with Crippen molar-refractivity contribution in [3.8, 4) is 0 Å². The Morgan fingerprint density at radius 1 is 1.26 bits per heavy atom. The topological polar surface area (TPSA) is 64.1 Å². The van der Waals surface area contributed by atoms with Gasteiger partial charge in [0.05, 0.1) is 5.56 Å². The molecular formula is C6H2Cl4F3NO3S2. The zero-order chi connectivity index (χ0) is 15.4. The summed E-state index contributed by atoms with van der Waals surface area (Å²) in [5.41, 5.74) is -1.34. The van der Waals surface area contributed by atoms with Crippen molar-refractivity contribution < 1.29 is 25.8 Å². The van der Waals surface area contributed by atoms with Crippen molar-refractivity contribution in [3.63, 3.8) is 0 Å². The van der Waals surface area contributed by atoms with E-state index >= 15 is 0 Å². The average molecular weight is 399 g/mol. The van der Waals surface area contributed by atoms with Crippen molar-refractivity contribution in [3.05, 3.63) is 23.0 Å². The summed E-state index contributed by atoms with van der Waals surface area (Å²) in [5.74, 6) is 0. The van der Waals surface area contributed by atoms with Crippen molar-refractivity contribution in [1.29, 1.82) is 0 Å². The van der Waals surface area contributed by atoms with E-state index in [2.05, 4.69) is 26.3 Å². The Kier molecular flexibility index (Phi) is 7.35. The Balaban J connectivity index is 0.000000711. The summed E-state index contributed by atoms with van der Waals surface area (Å²) in [4.78, 5) is 2.34. The summed E-state index contributed by atoms with van der Waals surface area (Å²) in [6, 6.07) is 0.331. The van der Waals surface area contributed by atoms with Gasteiger partial charge in [-0.25, -0.2) is 17.6 Å². The molecule has 0 aliphatic carbocycles. The van der Waals surface area contributed by atoms with Gasteiger partial charge in [-0.3, -0.25) is 0 Å². The Morgan fingerprint density at radius 2 is 1.68 bits per heavy atom. The molecule has 0 aromatic carbocycles. The number of pyridine rings is 1. The second-order valence-electron chi connectivity index (χ2n) is 2.63. The van der Waals surface area contributed by atoms with Gasteiger partial charge in [-0.2, -0.15) is 13.2 Å². The van der Waals surface area contributed by atoms with Crippen LogP contribution in [-0.4, -0.2) is 17.6 Å². The maximum atomic E-state index is 12.3. The molecule has 4 nitrogen and oxygen atoms in total. The summed E-state index contributed by atoms with van der Waals surface area (Å²) < 4.78 is 67.3. The smallest absolute Gasteiger partial charge is 0.243 e. The van der Waals surface area contributed by atoms with Crippen LogP contribution in [0.2, 0.25) is 5.15 Å². The van der Waals surface area contributed by atoms with E-state index in [1.165, 1.54) is 0 Å². The molecule has 0 aliphatic heterocycles. The van der Waals surface area contributed by atoms with Crippen LogP contribution in [0.25, 0.3) is 0 Å². The number of hydrogen-bond acceptors (Lipinski definition) is 4. The van der Waals surface area contributed by atoms with Gasteiger partial charge in [0.15, 0.2) is 0 Å². The van der Waals surface area contributed by atoms with Crippen LogP contribution in [0, 0.1) is 0 Å². The first kappa shape index (κ1) is 19.2. The molecule has 13 heteroatoms.